The summed E-state index contributed by atoms with van der Waals surface area (Å²) in [5, 5.41) is 3.30. The molecule has 5 nitrogen and oxygen atoms in total. The van der Waals surface area contributed by atoms with Crippen LogP contribution >= 0.6 is 0 Å². The summed E-state index contributed by atoms with van der Waals surface area (Å²) >= 11 is 0. The molecule has 3 rings (SSSR count). The Hall–Kier alpha value is -2.11. The summed E-state index contributed by atoms with van der Waals surface area (Å²) in [5.41, 5.74) is 1.77. The van der Waals surface area contributed by atoms with Gasteiger partial charge in [-0.1, -0.05) is 12.1 Å². The molecule has 1 saturated heterocycles. The van der Waals surface area contributed by atoms with Crippen molar-refractivity contribution in [3.8, 4) is 0 Å². The molecule has 2 aromatic heterocycles. The van der Waals surface area contributed by atoms with Gasteiger partial charge in [0.25, 0.3) is 0 Å². The van der Waals surface area contributed by atoms with E-state index in [0.29, 0.717) is 6.54 Å². The van der Waals surface area contributed by atoms with Crippen LogP contribution in [0.5, 0.6) is 0 Å². The third-order valence-electron chi connectivity index (χ3n) is 3.04. The number of hydrogen-bond donors (Lipinski definition) is 1. The normalized spacial score (nSPS) is 22.4. The first kappa shape index (κ1) is 12.9. The first-order chi connectivity index (χ1) is 9.92. The Morgan fingerprint density at radius 3 is 2.80 bits per heavy atom. The molecule has 0 bridgehead atoms. The van der Waals surface area contributed by atoms with Crippen LogP contribution in [0.15, 0.2) is 53.8 Å². The number of nitrogens with zero attached hydrogens (tertiary/aromatic N) is 3. The second-order valence-corrected chi connectivity index (χ2v) is 4.55. The minimum Gasteiger partial charge on any atom is -0.351 e. The molecule has 102 valence electrons. The van der Waals surface area contributed by atoms with Crippen molar-refractivity contribution >= 4 is 6.21 Å². The third kappa shape index (κ3) is 3.26. The van der Waals surface area contributed by atoms with Crippen LogP contribution < -0.4 is 5.32 Å². The minimum atomic E-state index is -0.133. The summed E-state index contributed by atoms with van der Waals surface area (Å²) in [7, 11) is 0. The van der Waals surface area contributed by atoms with E-state index in [-0.39, 0.29) is 12.3 Å². The number of aromatic nitrogens is 2. The molecule has 2 aromatic rings. The molecule has 0 amide bonds. The first-order valence-corrected chi connectivity index (χ1v) is 6.62. The Labute approximate surface area is 117 Å². The van der Waals surface area contributed by atoms with E-state index in [1.807, 2.05) is 36.4 Å². The van der Waals surface area contributed by atoms with Crippen LogP contribution in [0.3, 0.4) is 0 Å². The van der Waals surface area contributed by atoms with Gasteiger partial charge in [0.1, 0.15) is 0 Å². The van der Waals surface area contributed by atoms with E-state index in [1.165, 1.54) is 0 Å². The lowest BCUT2D eigenvalue weighted by atomic mass is 10.3. The maximum Gasteiger partial charge on any atom is 0.151 e. The molecule has 1 N–H and O–H groups in total. The van der Waals surface area contributed by atoms with Gasteiger partial charge in [-0.2, -0.15) is 0 Å². The van der Waals surface area contributed by atoms with E-state index in [0.717, 1.165) is 17.9 Å². The van der Waals surface area contributed by atoms with Crippen LogP contribution in [0, 0.1) is 0 Å². The van der Waals surface area contributed by atoms with E-state index in [1.54, 1.807) is 18.6 Å². The predicted molar refractivity (Wildman–Crippen MR) is 76.6 cm³/mol. The van der Waals surface area contributed by atoms with Crippen molar-refractivity contribution in [2.75, 3.05) is 13.1 Å². The first-order valence-electron chi connectivity index (χ1n) is 6.62. The highest BCUT2D eigenvalue weighted by molar-refractivity contribution is 5.76. The molecule has 1 aliphatic heterocycles. The third-order valence-corrected chi connectivity index (χ3v) is 3.04. The van der Waals surface area contributed by atoms with Gasteiger partial charge >= 0.3 is 0 Å². The fourth-order valence-electron chi connectivity index (χ4n) is 2.06. The largest absolute Gasteiger partial charge is 0.351 e. The van der Waals surface area contributed by atoms with Crippen LogP contribution in [0.1, 0.15) is 17.6 Å². The number of nitrogens with one attached hydrogen (secondary N) is 1. The van der Waals surface area contributed by atoms with Gasteiger partial charge in [0, 0.05) is 25.2 Å². The lowest BCUT2D eigenvalue weighted by molar-refractivity contribution is 0.0436. The van der Waals surface area contributed by atoms with E-state index in [9.17, 15) is 0 Å². The van der Waals surface area contributed by atoms with Gasteiger partial charge in [-0.3, -0.25) is 20.3 Å². The van der Waals surface area contributed by atoms with Crippen molar-refractivity contribution in [3.63, 3.8) is 0 Å². The van der Waals surface area contributed by atoms with Gasteiger partial charge in [-0.15, -0.1) is 0 Å². The zero-order valence-electron chi connectivity index (χ0n) is 11.0. The van der Waals surface area contributed by atoms with Gasteiger partial charge in [0.15, 0.2) is 6.23 Å². The molecule has 0 unspecified atom stereocenters. The van der Waals surface area contributed by atoms with Crippen LogP contribution in [-0.4, -0.2) is 35.4 Å². The van der Waals surface area contributed by atoms with Crippen molar-refractivity contribution in [1.82, 2.24) is 15.3 Å². The quantitative estimate of drug-likeness (QED) is 0.855. The van der Waals surface area contributed by atoms with Gasteiger partial charge in [0.2, 0.25) is 0 Å². The van der Waals surface area contributed by atoms with Crippen molar-refractivity contribution < 1.29 is 4.74 Å². The van der Waals surface area contributed by atoms with E-state index in [2.05, 4.69) is 20.3 Å². The summed E-state index contributed by atoms with van der Waals surface area (Å²) in [6, 6.07) is 11.6. The maximum absolute atomic E-state index is 5.88. The Kier molecular flexibility index (Phi) is 4.10. The Morgan fingerprint density at radius 1 is 1.20 bits per heavy atom. The van der Waals surface area contributed by atoms with Gasteiger partial charge in [0.05, 0.1) is 24.0 Å². The molecule has 1 aliphatic rings. The monoisotopic (exact) mass is 268 g/mol. The number of hydrogen-bond acceptors (Lipinski definition) is 5. The zero-order valence-corrected chi connectivity index (χ0v) is 11.0. The molecule has 0 spiro atoms. The van der Waals surface area contributed by atoms with Crippen molar-refractivity contribution in [1.29, 1.82) is 0 Å². The topological polar surface area (TPSA) is 59.4 Å². The van der Waals surface area contributed by atoms with Gasteiger partial charge < -0.3 is 4.74 Å². The predicted octanol–water partition coefficient (Wildman–Crippen LogP) is 1.58. The van der Waals surface area contributed by atoms with Crippen LogP contribution in [-0.2, 0) is 4.74 Å². The Morgan fingerprint density at radius 2 is 2.05 bits per heavy atom. The fourth-order valence-corrected chi connectivity index (χ4v) is 2.06. The average Bonchev–Trinajstić information content (AvgIpc) is 2.98. The molecule has 2 atom stereocenters. The summed E-state index contributed by atoms with van der Waals surface area (Å²) in [4.78, 5) is 12.9. The fraction of sp³-hybridized carbons (Fsp3) is 0.267. The SMILES string of the molecule is C(=NC[C@H]1CN[C@@H](c2ccccn2)O1)c1ccccn1. The molecule has 0 saturated carbocycles. The lowest BCUT2D eigenvalue weighted by Gasteiger charge is -2.10. The number of pyridine rings is 2. The minimum absolute atomic E-state index is 0.0713. The van der Waals surface area contributed by atoms with Crippen molar-refractivity contribution in [2.45, 2.75) is 12.3 Å². The van der Waals surface area contributed by atoms with E-state index < -0.39 is 0 Å². The molecule has 3 heterocycles. The number of aliphatic imine (C=N–C) groups is 1. The molecule has 0 aliphatic carbocycles. The highest BCUT2D eigenvalue weighted by atomic mass is 16.5. The van der Waals surface area contributed by atoms with Crippen molar-refractivity contribution in [3.05, 3.63) is 60.2 Å². The maximum atomic E-state index is 5.88. The summed E-state index contributed by atoms with van der Waals surface area (Å²) in [6.07, 6.45) is 5.24. The van der Waals surface area contributed by atoms with E-state index in [4.69, 9.17) is 4.74 Å². The van der Waals surface area contributed by atoms with Crippen LogP contribution in [0.4, 0.5) is 0 Å². The molecule has 5 heteroatoms. The van der Waals surface area contributed by atoms with Gasteiger partial charge in [-0.25, -0.2) is 0 Å². The summed E-state index contributed by atoms with van der Waals surface area (Å²) in [5.74, 6) is 0. The smallest absolute Gasteiger partial charge is 0.151 e. The molecular formula is C15H16N4O. The van der Waals surface area contributed by atoms with Crippen molar-refractivity contribution in [2.24, 2.45) is 4.99 Å². The second kappa shape index (κ2) is 6.36. The van der Waals surface area contributed by atoms with Crippen LogP contribution in [0.25, 0.3) is 0 Å². The highest BCUT2D eigenvalue weighted by Crippen LogP contribution is 2.19. The Balaban J connectivity index is 1.52. The Bertz CT molecular complexity index is 559. The summed E-state index contributed by atoms with van der Waals surface area (Å²) in [6.45, 7) is 1.40. The number of ether oxygens (including phenoxy) is 1. The standard InChI is InChI=1S/C15H16N4O/c1-3-7-17-12(5-1)9-16-10-13-11-19-15(20-13)14-6-2-4-8-18-14/h1-9,13,15,19H,10-11H2/t13-,15+/m0/s1. The molecule has 1 fully saturated rings. The molecular weight excluding hydrogens is 252 g/mol. The number of rotatable bonds is 4. The summed E-state index contributed by atoms with van der Waals surface area (Å²) < 4.78 is 5.88. The molecule has 0 radical (unpaired) electrons. The zero-order chi connectivity index (χ0) is 13.6. The molecule has 20 heavy (non-hydrogen) atoms. The van der Waals surface area contributed by atoms with E-state index >= 15 is 0 Å². The van der Waals surface area contributed by atoms with Crippen LogP contribution in [0.2, 0.25) is 0 Å². The second-order valence-electron chi connectivity index (χ2n) is 4.55. The highest BCUT2D eigenvalue weighted by Gasteiger charge is 2.25. The molecule has 0 aromatic carbocycles. The lowest BCUT2D eigenvalue weighted by Crippen LogP contribution is -2.17. The average molecular weight is 268 g/mol. The van der Waals surface area contributed by atoms with Gasteiger partial charge in [-0.05, 0) is 24.3 Å².